The molecule has 0 radical (unpaired) electrons. The number of nitrogens with zero attached hydrogens (tertiary/aromatic N) is 1. The molecule has 1 aromatic rings. The smallest absolute Gasteiger partial charge is 0.321 e. The molecule has 2 rings (SSSR count). The van der Waals surface area contributed by atoms with Gasteiger partial charge < -0.3 is 9.64 Å². The molecule has 1 aromatic carbocycles. The number of ether oxygens (including phenoxy) is 1. The molecule has 0 spiro atoms. The SMILES string of the molecule is CC(=O)c1ccc(S(=O)(=O)NCC(=O)OC(C)C(=O)N2CCCC2)cc1. The number of rotatable bonds is 7. The van der Waals surface area contributed by atoms with E-state index >= 15 is 0 Å². The molecule has 9 heteroatoms. The molecular formula is C17H22N2O6S. The number of hydrogen-bond donors (Lipinski definition) is 1. The summed E-state index contributed by atoms with van der Waals surface area (Å²) in [6.07, 6.45) is 0.892. The van der Waals surface area contributed by atoms with Crippen molar-refractivity contribution in [3.05, 3.63) is 29.8 Å². The fourth-order valence-electron chi connectivity index (χ4n) is 2.59. The third-order valence-corrected chi connectivity index (χ3v) is 5.47. The van der Waals surface area contributed by atoms with Crippen LogP contribution >= 0.6 is 0 Å². The van der Waals surface area contributed by atoms with Crippen molar-refractivity contribution in [2.24, 2.45) is 0 Å². The molecule has 1 heterocycles. The van der Waals surface area contributed by atoms with Crippen molar-refractivity contribution in [2.75, 3.05) is 19.6 Å². The van der Waals surface area contributed by atoms with Gasteiger partial charge in [-0.2, -0.15) is 4.72 Å². The minimum Gasteiger partial charge on any atom is -0.452 e. The van der Waals surface area contributed by atoms with Crippen molar-refractivity contribution < 1.29 is 27.5 Å². The standard InChI is InChI=1S/C17H22N2O6S/c1-12(20)14-5-7-15(8-6-14)26(23,24)18-11-16(21)25-13(2)17(22)19-9-3-4-10-19/h5-8,13,18H,3-4,9-11H2,1-2H3. The fraction of sp³-hybridized carbons (Fsp3) is 0.471. The van der Waals surface area contributed by atoms with Crippen LogP contribution in [0.15, 0.2) is 29.2 Å². The Morgan fingerprint density at radius 2 is 1.73 bits per heavy atom. The number of carbonyl (C=O) groups is 3. The molecule has 0 bridgehead atoms. The van der Waals surface area contributed by atoms with Crippen LogP contribution in [0.2, 0.25) is 0 Å². The van der Waals surface area contributed by atoms with Gasteiger partial charge in [0.2, 0.25) is 10.0 Å². The highest BCUT2D eigenvalue weighted by atomic mass is 32.2. The van der Waals surface area contributed by atoms with Crippen LogP contribution in [0, 0.1) is 0 Å². The summed E-state index contributed by atoms with van der Waals surface area (Å²) in [5, 5.41) is 0. The lowest BCUT2D eigenvalue weighted by Crippen LogP contribution is -2.40. The number of esters is 1. The van der Waals surface area contributed by atoms with Crippen molar-refractivity contribution in [1.82, 2.24) is 9.62 Å². The van der Waals surface area contributed by atoms with Crippen LogP contribution in [0.4, 0.5) is 0 Å². The Labute approximate surface area is 152 Å². The molecule has 26 heavy (non-hydrogen) atoms. The molecule has 0 aliphatic carbocycles. The fourth-order valence-corrected chi connectivity index (χ4v) is 3.56. The molecule has 1 atom stereocenters. The first-order chi connectivity index (χ1) is 12.2. The van der Waals surface area contributed by atoms with E-state index in [-0.39, 0.29) is 16.6 Å². The van der Waals surface area contributed by atoms with Crippen molar-refractivity contribution in [1.29, 1.82) is 0 Å². The van der Waals surface area contributed by atoms with Crippen molar-refractivity contribution in [3.8, 4) is 0 Å². The van der Waals surface area contributed by atoms with Gasteiger partial charge in [-0.05, 0) is 38.8 Å². The zero-order chi connectivity index (χ0) is 19.3. The minimum atomic E-state index is -3.93. The number of likely N-dealkylation sites (tertiary alicyclic amines) is 1. The van der Waals surface area contributed by atoms with Gasteiger partial charge >= 0.3 is 5.97 Å². The van der Waals surface area contributed by atoms with Crippen LogP contribution in [0.5, 0.6) is 0 Å². The maximum Gasteiger partial charge on any atom is 0.321 e. The number of ketones is 1. The number of carbonyl (C=O) groups excluding carboxylic acids is 3. The van der Waals surface area contributed by atoms with Crippen LogP contribution in [-0.4, -0.2) is 56.7 Å². The molecule has 1 aliphatic rings. The summed E-state index contributed by atoms with van der Waals surface area (Å²) < 4.78 is 31.5. The van der Waals surface area contributed by atoms with Crippen LogP contribution < -0.4 is 4.72 Å². The molecule has 0 aromatic heterocycles. The van der Waals surface area contributed by atoms with Crippen molar-refractivity contribution in [3.63, 3.8) is 0 Å². The quantitative estimate of drug-likeness (QED) is 0.550. The first kappa shape index (κ1) is 20.1. The van der Waals surface area contributed by atoms with Crippen molar-refractivity contribution >= 4 is 27.7 Å². The average molecular weight is 382 g/mol. The zero-order valence-electron chi connectivity index (χ0n) is 14.7. The summed E-state index contributed by atoms with van der Waals surface area (Å²) in [7, 11) is -3.93. The molecule has 1 saturated heterocycles. The molecule has 1 aliphatic heterocycles. The summed E-state index contributed by atoms with van der Waals surface area (Å²) in [6.45, 7) is 3.54. The van der Waals surface area contributed by atoms with Gasteiger partial charge in [-0.15, -0.1) is 0 Å². The second-order valence-electron chi connectivity index (χ2n) is 6.07. The van der Waals surface area contributed by atoms with Crippen LogP contribution in [0.3, 0.4) is 0 Å². The Balaban J connectivity index is 1.88. The Hall–Kier alpha value is -2.26. The monoisotopic (exact) mass is 382 g/mol. The predicted molar refractivity (Wildman–Crippen MR) is 93.0 cm³/mol. The molecule has 1 fully saturated rings. The summed E-state index contributed by atoms with van der Waals surface area (Å²) in [4.78, 5) is 36.7. The minimum absolute atomic E-state index is 0.0727. The lowest BCUT2D eigenvalue weighted by molar-refractivity contribution is -0.157. The van der Waals surface area contributed by atoms with E-state index in [1.165, 1.54) is 38.1 Å². The van der Waals surface area contributed by atoms with E-state index < -0.39 is 28.6 Å². The molecule has 8 nitrogen and oxygen atoms in total. The number of nitrogens with one attached hydrogen (secondary N) is 1. The summed E-state index contributed by atoms with van der Waals surface area (Å²) >= 11 is 0. The maximum absolute atomic E-state index is 12.2. The van der Waals surface area contributed by atoms with Gasteiger partial charge in [0.1, 0.15) is 6.54 Å². The number of benzene rings is 1. The number of sulfonamides is 1. The maximum atomic E-state index is 12.2. The average Bonchev–Trinajstić information content (AvgIpc) is 3.14. The summed E-state index contributed by atoms with van der Waals surface area (Å²) in [5.41, 5.74) is 0.387. The summed E-state index contributed by atoms with van der Waals surface area (Å²) in [6, 6.07) is 5.35. The third kappa shape index (κ3) is 5.12. The Bertz CT molecular complexity index is 782. The number of Topliss-reactive ketones (excluding diaryl/α,β-unsaturated/α-hetero) is 1. The zero-order valence-corrected chi connectivity index (χ0v) is 15.5. The van der Waals surface area contributed by atoms with Gasteiger partial charge in [-0.3, -0.25) is 14.4 Å². The largest absolute Gasteiger partial charge is 0.452 e. The normalized spacial score (nSPS) is 15.5. The van der Waals surface area contributed by atoms with E-state index in [4.69, 9.17) is 4.74 Å². The Morgan fingerprint density at radius 1 is 1.15 bits per heavy atom. The second kappa shape index (κ2) is 8.41. The van der Waals surface area contributed by atoms with E-state index in [2.05, 4.69) is 4.72 Å². The van der Waals surface area contributed by atoms with E-state index in [0.29, 0.717) is 18.7 Å². The highest BCUT2D eigenvalue weighted by molar-refractivity contribution is 7.89. The molecule has 1 unspecified atom stereocenters. The van der Waals surface area contributed by atoms with E-state index in [0.717, 1.165) is 12.8 Å². The molecule has 142 valence electrons. The highest BCUT2D eigenvalue weighted by Gasteiger charge is 2.26. The number of hydrogen-bond acceptors (Lipinski definition) is 6. The van der Waals surface area contributed by atoms with Crippen LogP contribution in [0.1, 0.15) is 37.0 Å². The molecule has 1 N–H and O–H groups in total. The van der Waals surface area contributed by atoms with Gasteiger partial charge in [0.25, 0.3) is 5.91 Å². The van der Waals surface area contributed by atoms with E-state index in [1.54, 1.807) is 4.90 Å². The third-order valence-electron chi connectivity index (χ3n) is 4.05. The topological polar surface area (TPSA) is 110 Å². The van der Waals surface area contributed by atoms with E-state index in [1.807, 2.05) is 0 Å². The summed E-state index contributed by atoms with van der Waals surface area (Å²) in [5.74, 6) is -1.30. The Morgan fingerprint density at radius 3 is 2.27 bits per heavy atom. The van der Waals surface area contributed by atoms with E-state index in [9.17, 15) is 22.8 Å². The second-order valence-corrected chi connectivity index (χ2v) is 7.84. The van der Waals surface area contributed by atoms with Gasteiger partial charge in [0.05, 0.1) is 4.90 Å². The van der Waals surface area contributed by atoms with Gasteiger partial charge in [0.15, 0.2) is 11.9 Å². The molecule has 0 saturated carbocycles. The van der Waals surface area contributed by atoms with Crippen molar-refractivity contribution in [2.45, 2.75) is 37.7 Å². The molecular weight excluding hydrogens is 360 g/mol. The molecule has 1 amide bonds. The van der Waals surface area contributed by atoms with Gasteiger partial charge in [-0.25, -0.2) is 8.42 Å². The van der Waals surface area contributed by atoms with Crippen LogP contribution in [0.25, 0.3) is 0 Å². The van der Waals surface area contributed by atoms with Gasteiger partial charge in [0, 0.05) is 18.7 Å². The highest BCUT2D eigenvalue weighted by Crippen LogP contribution is 2.12. The predicted octanol–water partition coefficient (Wildman–Crippen LogP) is 0.722. The van der Waals surface area contributed by atoms with Crippen LogP contribution in [-0.2, 0) is 24.3 Å². The lowest BCUT2D eigenvalue weighted by Gasteiger charge is -2.20. The number of amides is 1. The van der Waals surface area contributed by atoms with Gasteiger partial charge in [-0.1, -0.05) is 12.1 Å². The first-order valence-corrected chi connectivity index (χ1v) is 9.78. The first-order valence-electron chi connectivity index (χ1n) is 8.29. The Kier molecular flexibility index (Phi) is 6.49. The lowest BCUT2D eigenvalue weighted by atomic mass is 10.2.